The van der Waals surface area contributed by atoms with Crippen LogP contribution in [0.2, 0.25) is 5.02 Å². The van der Waals surface area contributed by atoms with E-state index in [1.807, 2.05) is 0 Å². The summed E-state index contributed by atoms with van der Waals surface area (Å²) >= 11 is 6.03. The van der Waals surface area contributed by atoms with Gasteiger partial charge < -0.3 is 18.9 Å². The zero-order valence-electron chi connectivity index (χ0n) is 15.1. The normalized spacial score (nSPS) is 10.5. The first kappa shape index (κ1) is 18.8. The van der Waals surface area contributed by atoms with Crippen LogP contribution in [-0.4, -0.2) is 31.8 Å². The number of benzene rings is 2. The number of nitrogens with zero attached hydrogens (tertiary/aromatic N) is 1. The fourth-order valence-electron chi connectivity index (χ4n) is 2.61. The van der Waals surface area contributed by atoms with Crippen molar-refractivity contribution in [2.45, 2.75) is 6.92 Å². The molecule has 7 heteroatoms. The number of esters is 1. The molecule has 0 fully saturated rings. The van der Waals surface area contributed by atoms with Gasteiger partial charge in [0.15, 0.2) is 11.5 Å². The molecule has 0 bridgehead atoms. The van der Waals surface area contributed by atoms with Gasteiger partial charge in [-0.1, -0.05) is 11.6 Å². The largest absolute Gasteiger partial charge is 0.493 e. The number of hydrogen-bond donors (Lipinski definition) is 0. The lowest BCUT2D eigenvalue weighted by Gasteiger charge is -2.14. The van der Waals surface area contributed by atoms with E-state index in [0.717, 1.165) is 0 Å². The summed E-state index contributed by atoms with van der Waals surface area (Å²) in [5, 5.41) is 1.12. The van der Waals surface area contributed by atoms with E-state index in [4.69, 9.17) is 30.5 Å². The van der Waals surface area contributed by atoms with Crippen LogP contribution in [0.1, 0.15) is 17.3 Å². The summed E-state index contributed by atoms with van der Waals surface area (Å²) in [6.45, 7) is 1.99. The highest BCUT2D eigenvalue weighted by Gasteiger charge is 2.17. The van der Waals surface area contributed by atoms with E-state index >= 15 is 0 Å². The van der Waals surface area contributed by atoms with Crippen molar-refractivity contribution < 1.29 is 23.7 Å². The number of methoxy groups -OCH3 is 2. The van der Waals surface area contributed by atoms with Gasteiger partial charge in [-0.2, -0.15) is 0 Å². The van der Waals surface area contributed by atoms with Gasteiger partial charge in [-0.15, -0.1) is 0 Å². The Morgan fingerprint density at radius 2 is 1.74 bits per heavy atom. The van der Waals surface area contributed by atoms with Crippen molar-refractivity contribution in [1.82, 2.24) is 4.98 Å². The minimum absolute atomic E-state index is 0.245. The molecule has 0 aliphatic heterocycles. The van der Waals surface area contributed by atoms with Crippen LogP contribution in [-0.2, 0) is 4.74 Å². The van der Waals surface area contributed by atoms with Gasteiger partial charge in [-0.05, 0) is 37.3 Å². The van der Waals surface area contributed by atoms with Gasteiger partial charge in [0.25, 0.3) is 0 Å². The van der Waals surface area contributed by atoms with Crippen molar-refractivity contribution >= 4 is 28.5 Å². The van der Waals surface area contributed by atoms with E-state index in [1.165, 1.54) is 6.07 Å². The maximum atomic E-state index is 12.2. The number of pyridine rings is 1. The number of ether oxygens (including phenoxy) is 4. The predicted molar refractivity (Wildman–Crippen MR) is 102 cm³/mol. The molecule has 0 N–H and O–H groups in total. The van der Waals surface area contributed by atoms with Crippen molar-refractivity contribution in [3.05, 3.63) is 53.2 Å². The van der Waals surface area contributed by atoms with Crippen LogP contribution in [0.15, 0.2) is 42.6 Å². The highest BCUT2D eigenvalue weighted by molar-refractivity contribution is 6.31. The van der Waals surface area contributed by atoms with E-state index in [-0.39, 0.29) is 12.2 Å². The lowest BCUT2D eigenvalue weighted by Crippen LogP contribution is -2.06. The number of carbonyl (C=O) groups is 1. The van der Waals surface area contributed by atoms with E-state index in [2.05, 4.69) is 4.98 Å². The van der Waals surface area contributed by atoms with Crippen LogP contribution in [0.4, 0.5) is 0 Å². The van der Waals surface area contributed by atoms with Gasteiger partial charge in [0.2, 0.25) is 0 Å². The molecule has 0 aliphatic rings. The summed E-state index contributed by atoms with van der Waals surface area (Å²) in [5.74, 6) is 1.44. The molecule has 3 rings (SSSR count). The van der Waals surface area contributed by atoms with E-state index in [9.17, 15) is 4.79 Å². The zero-order chi connectivity index (χ0) is 19.4. The molecule has 1 heterocycles. The third-order valence-electron chi connectivity index (χ3n) is 3.86. The van der Waals surface area contributed by atoms with Crippen LogP contribution >= 0.6 is 11.6 Å². The smallest absolute Gasteiger partial charge is 0.341 e. The average molecular weight is 388 g/mol. The molecule has 0 radical (unpaired) electrons. The van der Waals surface area contributed by atoms with Gasteiger partial charge in [0.1, 0.15) is 17.1 Å². The zero-order valence-corrected chi connectivity index (χ0v) is 15.9. The summed E-state index contributed by atoms with van der Waals surface area (Å²) in [6.07, 6.45) is 1.61. The van der Waals surface area contributed by atoms with Crippen molar-refractivity contribution in [3.63, 3.8) is 0 Å². The monoisotopic (exact) mass is 387 g/mol. The standard InChI is InChI=1S/C20H18ClNO5/c1-4-26-20(23)14-9-12(21)5-6-16(14)27-17-7-8-22-15-11-19(25-3)18(24-2)10-13(15)17/h5-11H,4H2,1-3H3. The molecule has 6 nitrogen and oxygen atoms in total. The molecule has 0 aliphatic carbocycles. The maximum Gasteiger partial charge on any atom is 0.341 e. The number of carbonyl (C=O) groups excluding carboxylic acids is 1. The summed E-state index contributed by atoms with van der Waals surface area (Å²) < 4.78 is 21.8. The third kappa shape index (κ3) is 3.90. The lowest BCUT2D eigenvalue weighted by atomic mass is 10.1. The Bertz CT molecular complexity index is 990. The molecular weight excluding hydrogens is 370 g/mol. The van der Waals surface area contributed by atoms with Gasteiger partial charge >= 0.3 is 5.97 Å². The van der Waals surface area contributed by atoms with E-state index in [0.29, 0.717) is 38.9 Å². The van der Waals surface area contributed by atoms with Crippen molar-refractivity contribution in [2.24, 2.45) is 0 Å². The summed E-state index contributed by atoms with van der Waals surface area (Å²) in [4.78, 5) is 16.6. The fourth-order valence-corrected chi connectivity index (χ4v) is 2.79. The molecule has 0 spiro atoms. The van der Waals surface area contributed by atoms with Crippen molar-refractivity contribution in [1.29, 1.82) is 0 Å². The Morgan fingerprint density at radius 3 is 2.44 bits per heavy atom. The minimum Gasteiger partial charge on any atom is -0.493 e. The molecule has 2 aromatic carbocycles. The fraction of sp³-hybridized carbons (Fsp3) is 0.200. The first-order valence-corrected chi connectivity index (χ1v) is 8.60. The Kier molecular flexibility index (Phi) is 5.66. The molecule has 0 saturated heterocycles. The van der Waals surface area contributed by atoms with Crippen molar-refractivity contribution in [2.75, 3.05) is 20.8 Å². The molecule has 0 unspecified atom stereocenters. The Balaban J connectivity index is 2.08. The molecule has 1 aromatic heterocycles. The number of halogens is 1. The first-order chi connectivity index (χ1) is 13.1. The van der Waals surface area contributed by atoms with Crippen molar-refractivity contribution in [3.8, 4) is 23.0 Å². The second kappa shape index (κ2) is 8.14. The Labute approximate surface area is 161 Å². The second-order valence-corrected chi connectivity index (χ2v) is 5.93. The number of hydrogen-bond acceptors (Lipinski definition) is 6. The molecule has 3 aromatic rings. The van der Waals surface area contributed by atoms with Gasteiger partial charge in [0.05, 0.1) is 26.3 Å². The molecule has 27 heavy (non-hydrogen) atoms. The summed E-state index contributed by atoms with van der Waals surface area (Å²) in [7, 11) is 3.11. The highest BCUT2D eigenvalue weighted by Crippen LogP contribution is 2.37. The summed E-state index contributed by atoms with van der Waals surface area (Å²) in [6, 6.07) is 10.0. The first-order valence-electron chi connectivity index (χ1n) is 8.22. The number of fused-ring (bicyclic) bond motifs is 1. The lowest BCUT2D eigenvalue weighted by molar-refractivity contribution is 0.0523. The molecule has 140 valence electrons. The number of rotatable bonds is 6. The van der Waals surface area contributed by atoms with E-state index in [1.54, 1.807) is 57.7 Å². The molecule has 0 atom stereocenters. The molecule has 0 saturated carbocycles. The van der Waals surface area contributed by atoms with Crippen LogP contribution < -0.4 is 14.2 Å². The third-order valence-corrected chi connectivity index (χ3v) is 4.10. The highest BCUT2D eigenvalue weighted by atomic mass is 35.5. The van der Waals surface area contributed by atoms with E-state index < -0.39 is 5.97 Å². The van der Waals surface area contributed by atoms with Crippen LogP contribution in [0.5, 0.6) is 23.0 Å². The summed E-state index contributed by atoms with van der Waals surface area (Å²) in [5.41, 5.74) is 0.909. The van der Waals surface area contributed by atoms with Crippen LogP contribution in [0, 0.1) is 0 Å². The van der Waals surface area contributed by atoms with Gasteiger partial charge in [0, 0.05) is 22.7 Å². The number of aromatic nitrogens is 1. The molecular formula is C20H18ClNO5. The SMILES string of the molecule is CCOC(=O)c1cc(Cl)ccc1Oc1ccnc2cc(OC)c(OC)cc12. The van der Waals surface area contributed by atoms with Gasteiger partial charge in [-0.25, -0.2) is 4.79 Å². The topological polar surface area (TPSA) is 66.9 Å². The Hall–Kier alpha value is -2.99. The second-order valence-electron chi connectivity index (χ2n) is 5.50. The Morgan fingerprint density at radius 1 is 1.00 bits per heavy atom. The van der Waals surface area contributed by atoms with Gasteiger partial charge in [-0.3, -0.25) is 4.98 Å². The quantitative estimate of drug-likeness (QED) is 0.562. The molecule has 0 amide bonds. The average Bonchev–Trinajstić information content (AvgIpc) is 2.68. The predicted octanol–water partition coefficient (Wildman–Crippen LogP) is 4.87. The maximum absolute atomic E-state index is 12.2. The van der Waals surface area contributed by atoms with Crippen LogP contribution in [0.25, 0.3) is 10.9 Å². The minimum atomic E-state index is -0.507. The van der Waals surface area contributed by atoms with Crippen LogP contribution in [0.3, 0.4) is 0 Å².